The number of aliphatic carboxylic acids is 1. The lowest BCUT2D eigenvalue weighted by molar-refractivity contribution is -0.131. The van der Waals surface area contributed by atoms with Crippen molar-refractivity contribution >= 4 is 23.6 Å². The lowest BCUT2D eigenvalue weighted by Gasteiger charge is -2.11. The van der Waals surface area contributed by atoms with Gasteiger partial charge in [0.15, 0.2) is 0 Å². The van der Waals surface area contributed by atoms with Crippen molar-refractivity contribution in [2.24, 2.45) is 0 Å². The van der Waals surface area contributed by atoms with E-state index in [0.717, 1.165) is 17.7 Å². The Balaban J connectivity index is 2.37. The van der Waals surface area contributed by atoms with Crippen LogP contribution in [0.4, 0.5) is 4.39 Å². The summed E-state index contributed by atoms with van der Waals surface area (Å²) in [5.41, 5.74) is 1.55. The van der Waals surface area contributed by atoms with Crippen LogP contribution in [0.25, 0.3) is 6.08 Å². The molecule has 1 N–H and O–H groups in total. The summed E-state index contributed by atoms with van der Waals surface area (Å²) in [5, 5.41) is 8.85. The van der Waals surface area contributed by atoms with E-state index in [0.29, 0.717) is 17.1 Å². The average Bonchev–Trinajstić information content (AvgIpc) is 2.41. The molecule has 0 aliphatic heterocycles. The summed E-state index contributed by atoms with van der Waals surface area (Å²) in [5.74, 6) is -0.775. The van der Waals surface area contributed by atoms with Gasteiger partial charge in [0, 0.05) is 11.6 Å². The van der Waals surface area contributed by atoms with Crippen LogP contribution in [0.1, 0.15) is 11.1 Å². The highest BCUT2D eigenvalue weighted by Gasteiger charge is 2.08. The molecular formula is C16H12ClFO3. The molecule has 5 heteroatoms. The van der Waals surface area contributed by atoms with Crippen molar-refractivity contribution in [3.05, 3.63) is 64.4 Å². The lowest BCUT2D eigenvalue weighted by Crippen LogP contribution is -1.91. The summed E-state index contributed by atoms with van der Waals surface area (Å²) in [6.45, 7) is 1.88. The summed E-state index contributed by atoms with van der Waals surface area (Å²) in [7, 11) is 0. The molecule has 0 atom stereocenters. The minimum atomic E-state index is -1.05. The van der Waals surface area contributed by atoms with Gasteiger partial charge in [-0.15, -0.1) is 0 Å². The van der Waals surface area contributed by atoms with Gasteiger partial charge in [-0.3, -0.25) is 0 Å². The first-order valence-corrected chi connectivity index (χ1v) is 6.48. The van der Waals surface area contributed by atoms with E-state index in [-0.39, 0.29) is 5.02 Å². The lowest BCUT2D eigenvalue weighted by atomic mass is 10.1. The quantitative estimate of drug-likeness (QED) is 0.834. The van der Waals surface area contributed by atoms with E-state index in [1.54, 1.807) is 12.1 Å². The highest BCUT2D eigenvalue weighted by molar-refractivity contribution is 6.32. The standard InChI is InChI=1S/C16H12ClFO3/c1-10-2-5-14(11(8-10)3-7-16(19)20)21-15-6-4-12(18)9-13(15)17/h2-9H,1H3,(H,19,20)/b7-3+. The fourth-order valence-corrected chi connectivity index (χ4v) is 1.93. The first-order chi connectivity index (χ1) is 9.95. The molecule has 0 unspecified atom stereocenters. The number of halogens is 2. The average molecular weight is 307 g/mol. The van der Waals surface area contributed by atoms with E-state index in [9.17, 15) is 9.18 Å². The molecule has 2 aromatic carbocycles. The molecule has 0 bridgehead atoms. The van der Waals surface area contributed by atoms with Gasteiger partial charge >= 0.3 is 5.97 Å². The molecule has 2 rings (SSSR count). The van der Waals surface area contributed by atoms with E-state index in [2.05, 4.69) is 0 Å². The van der Waals surface area contributed by atoms with Crippen molar-refractivity contribution in [2.45, 2.75) is 6.92 Å². The van der Waals surface area contributed by atoms with E-state index in [4.69, 9.17) is 21.4 Å². The van der Waals surface area contributed by atoms with Gasteiger partial charge in [-0.05, 0) is 43.3 Å². The van der Waals surface area contributed by atoms with Gasteiger partial charge < -0.3 is 9.84 Å². The summed E-state index contributed by atoms with van der Waals surface area (Å²) >= 11 is 5.91. The molecule has 21 heavy (non-hydrogen) atoms. The van der Waals surface area contributed by atoms with Crippen LogP contribution in [-0.4, -0.2) is 11.1 Å². The van der Waals surface area contributed by atoms with Crippen LogP contribution in [0.2, 0.25) is 5.02 Å². The highest BCUT2D eigenvalue weighted by Crippen LogP contribution is 2.32. The second-order valence-electron chi connectivity index (χ2n) is 4.39. The van der Waals surface area contributed by atoms with Crippen LogP contribution in [0, 0.1) is 12.7 Å². The number of aryl methyl sites for hydroxylation is 1. The summed E-state index contributed by atoms with van der Waals surface area (Å²) in [6, 6.07) is 9.12. The normalized spacial score (nSPS) is 10.8. The number of hydrogen-bond donors (Lipinski definition) is 1. The second kappa shape index (κ2) is 6.41. The predicted molar refractivity (Wildman–Crippen MR) is 79.3 cm³/mol. The molecule has 0 amide bonds. The van der Waals surface area contributed by atoms with Gasteiger partial charge in [0.25, 0.3) is 0 Å². The molecule has 3 nitrogen and oxygen atoms in total. The molecule has 0 saturated heterocycles. The third-order valence-corrected chi connectivity index (χ3v) is 2.98. The van der Waals surface area contributed by atoms with Crippen LogP contribution in [0.5, 0.6) is 11.5 Å². The third-order valence-electron chi connectivity index (χ3n) is 2.68. The summed E-state index contributed by atoms with van der Waals surface area (Å²) in [6.07, 6.45) is 2.45. The van der Waals surface area contributed by atoms with Crippen molar-refractivity contribution in [3.8, 4) is 11.5 Å². The Hall–Kier alpha value is -2.33. The molecule has 0 fully saturated rings. The topological polar surface area (TPSA) is 46.5 Å². The van der Waals surface area contributed by atoms with Crippen LogP contribution >= 0.6 is 11.6 Å². The van der Waals surface area contributed by atoms with Crippen molar-refractivity contribution in [1.29, 1.82) is 0 Å². The monoisotopic (exact) mass is 306 g/mol. The third kappa shape index (κ3) is 4.07. The molecule has 0 radical (unpaired) electrons. The van der Waals surface area contributed by atoms with Crippen molar-refractivity contribution in [3.63, 3.8) is 0 Å². The zero-order valence-electron chi connectivity index (χ0n) is 11.1. The van der Waals surface area contributed by atoms with E-state index < -0.39 is 11.8 Å². The van der Waals surface area contributed by atoms with Crippen molar-refractivity contribution < 1.29 is 19.0 Å². The van der Waals surface area contributed by atoms with E-state index in [1.807, 2.05) is 13.0 Å². The largest absolute Gasteiger partial charge is 0.478 e. The number of ether oxygens (including phenoxy) is 1. The molecule has 0 heterocycles. The summed E-state index contributed by atoms with van der Waals surface area (Å²) < 4.78 is 18.7. The maximum absolute atomic E-state index is 13.0. The van der Waals surface area contributed by atoms with E-state index in [1.165, 1.54) is 18.2 Å². The Labute approximate surface area is 126 Å². The maximum Gasteiger partial charge on any atom is 0.328 e. The fraction of sp³-hybridized carbons (Fsp3) is 0.0625. The highest BCUT2D eigenvalue weighted by atomic mass is 35.5. The first kappa shape index (κ1) is 15.1. The van der Waals surface area contributed by atoms with Crippen LogP contribution in [-0.2, 0) is 4.79 Å². The van der Waals surface area contributed by atoms with Crippen LogP contribution in [0.3, 0.4) is 0 Å². The Morgan fingerprint density at radius 3 is 2.62 bits per heavy atom. The van der Waals surface area contributed by atoms with Gasteiger partial charge in [0.1, 0.15) is 17.3 Å². The van der Waals surface area contributed by atoms with Gasteiger partial charge in [-0.25, -0.2) is 9.18 Å². The van der Waals surface area contributed by atoms with Crippen LogP contribution < -0.4 is 4.74 Å². The zero-order valence-corrected chi connectivity index (χ0v) is 11.9. The number of hydrogen-bond acceptors (Lipinski definition) is 2. The molecule has 108 valence electrons. The van der Waals surface area contributed by atoms with Gasteiger partial charge in [-0.1, -0.05) is 23.2 Å². The Morgan fingerprint density at radius 2 is 1.95 bits per heavy atom. The second-order valence-corrected chi connectivity index (χ2v) is 4.80. The minimum absolute atomic E-state index is 0.142. The zero-order chi connectivity index (χ0) is 15.4. The molecule has 0 aliphatic rings. The summed E-state index contributed by atoms with van der Waals surface area (Å²) in [4.78, 5) is 10.6. The number of carboxylic acids is 1. The van der Waals surface area contributed by atoms with Gasteiger partial charge in [-0.2, -0.15) is 0 Å². The maximum atomic E-state index is 13.0. The molecule has 0 aliphatic carbocycles. The van der Waals surface area contributed by atoms with Gasteiger partial charge in [0.05, 0.1) is 5.02 Å². The van der Waals surface area contributed by atoms with E-state index >= 15 is 0 Å². The predicted octanol–water partition coefficient (Wildman–Crippen LogP) is 4.68. The first-order valence-electron chi connectivity index (χ1n) is 6.10. The smallest absolute Gasteiger partial charge is 0.328 e. The Bertz CT molecular complexity index is 711. The number of carbonyl (C=O) groups is 1. The molecule has 0 saturated carbocycles. The molecular weight excluding hydrogens is 295 g/mol. The Kier molecular flexibility index (Phi) is 4.60. The molecule has 2 aromatic rings. The van der Waals surface area contributed by atoms with Gasteiger partial charge in [0.2, 0.25) is 0 Å². The minimum Gasteiger partial charge on any atom is -0.478 e. The SMILES string of the molecule is Cc1ccc(Oc2ccc(F)cc2Cl)c(/C=C/C(=O)O)c1. The number of rotatable bonds is 4. The van der Waals surface area contributed by atoms with Crippen molar-refractivity contribution in [1.82, 2.24) is 0 Å². The molecule has 0 aromatic heterocycles. The molecule has 0 spiro atoms. The fourth-order valence-electron chi connectivity index (χ4n) is 1.73. The number of carboxylic acid groups (broad SMARTS) is 1. The number of benzene rings is 2. The van der Waals surface area contributed by atoms with Crippen LogP contribution in [0.15, 0.2) is 42.5 Å². The Morgan fingerprint density at radius 1 is 1.24 bits per heavy atom. The van der Waals surface area contributed by atoms with Crippen molar-refractivity contribution in [2.75, 3.05) is 0 Å².